The summed E-state index contributed by atoms with van der Waals surface area (Å²) in [5.74, 6) is 1.78. The Morgan fingerprint density at radius 3 is 2.52 bits per heavy atom. The average molecular weight is 313 g/mol. The minimum atomic E-state index is -0.606. The molecule has 0 aromatic heterocycles. The van der Waals surface area contributed by atoms with E-state index in [9.17, 15) is 4.79 Å². The first-order chi connectivity index (χ1) is 11.1. The molecule has 3 rings (SSSR count). The molecule has 0 fully saturated rings. The predicted molar refractivity (Wildman–Crippen MR) is 87.3 cm³/mol. The van der Waals surface area contributed by atoms with Gasteiger partial charge in [-0.2, -0.15) is 0 Å². The van der Waals surface area contributed by atoms with Crippen LogP contribution in [-0.2, 0) is 4.79 Å². The summed E-state index contributed by atoms with van der Waals surface area (Å²) in [7, 11) is 0. The highest BCUT2D eigenvalue weighted by atomic mass is 16.6. The van der Waals surface area contributed by atoms with Gasteiger partial charge in [0.25, 0.3) is 5.91 Å². The molecule has 0 spiro atoms. The number of nitrogens with one attached hydrogen (secondary N) is 1. The Morgan fingerprint density at radius 2 is 1.78 bits per heavy atom. The van der Waals surface area contributed by atoms with E-state index in [4.69, 9.17) is 14.2 Å². The Balaban J connectivity index is 1.63. The molecule has 120 valence electrons. The van der Waals surface area contributed by atoms with Crippen molar-refractivity contribution in [3.05, 3.63) is 48.0 Å². The molecular weight excluding hydrogens is 294 g/mol. The van der Waals surface area contributed by atoms with Gasteiger partial charge >= 0.3 is 0 Å². The van der Waals surface area contributed by atoms with Gasteiger partial charge in [0.05, 0.1) is 0 Å². The van der Waals surface area contributed by atoms with Crippen LogP contribution in [0.4, 0.5) is 5.69 Å². The second kappa shape index (κ2) is 6.60. The Morgan fingerprint density at radius 1 is 1.09 bits per heavy atom. The van der Waals surface area contributed by atoms with Crippen molar-refractivity contribution in [2.45, 2.75) is 20.0 Å². The van der Waals surface area contributed by atoms with Gasteiger partial charge in [-0.15, -0.1) is 0 Å². The smallest absolute Gasteiger partial charge is 0.265 e. The number of rotatable bonds is 4. The Kier molecular flexibility index (Phi) is 4.37. The molecule has 1 N–H and O–H groups in total. The minimum absolute atomic E-state index is 0.220. The molecule has 23 heavy (non-hydrogen) atoms. The van der Waals surface area contributed by atoms with Crippen molar-refractivity contribution in [3.8, 4) is 17.2 Å². The van der Waals surface area contributed by atoms with E-state index in [0.29, 0.717) is 36.1 Å². The molecule has 0 saturated carbocycles. The summed E-state index contributed by atoms with van der Waals surface area (Å²) in [6, 6.07) is 12.9. The lowest BCUT2D eigenvalue weighted by Crippen LogP contribution is -2.30. The summed E-state index contributed by atoms with van der Waals surface area (Å²) in [4.78, 5) is 12.2. The third kappa shape index (κ3) is 3.74. The zero-order valence-corrected chi connectivity index (χ0v) is 13.2. The number of aryl methyl sites for hydroxylation is 1. The van der Waals surface area contributed by atoms with E-state index in [1.54, 1.807) is 25.1 Å². The van der Waals surface area contributed by atoms with Gasteiger partial charge in [0.2, 0.25) is 0 Å². The molecule has 1 aliphatic rings. The highest BCUT2D eigenvalue weighted by molar-refractivity contribution is 5.94. The van der Waals surface area contributed by atoms with E-state index < -0.39 is 6.10 Å². The fourth-order valence-electron chi connectivity index (χ4n) is 2.24. The summed E-state index contributed by atoms with van der Waals surface area (Å²) in [5, 5.41) is 2.82. The minimum Gasteiger partial charge on any atom is -0.486 e. The van der Waals surface area contributed by atoms with Crippen LogP contribution >= 0.6 is 0 Å². The van der Waals surface area contributed by atoms with Gasteiger partial charge in [0, 0.05) is 11.8 Å². The first-order valence-electron chi connectivity index (χ1n) is 7.55. The number of amides is 1. The van der Waals surface area contributed by atoms with Gasteiger partial charge in [-0.25, -0.2) is 0 Å². The van der Waals surface area contributed by atoms with Gasteiger partial charge in [0.15, 0.2) is 17.6 Å². The van der Waals surface area contributed by atoms with Crippen LogP contribution < -0.4 is 19.5 Å². The van der Waals surface area contributed by atoms with Crippen LogP contribution in [0.15, 0.2) is 42.5 Å². The highest BCUT2D eigenvalue weighted by Gasteiger charge is 2.17. The summed E-state index contributed by atoms with van der Waals surface area (Å²) >= 11 is 0. The maximum absolute atomic E-state index is 12.2. The zero-order chi connectivity index (χ0) is 16.2. The number of ether oxygens (including phenoxy) is 3. The first kappa shape index (κ1) is 15.2. The highest BCUT2D eigenvalue weighted by Crippen LogP contribution is 2.32. The fraction of sp³-hybridized carbons (Fsp3) is 0.278. The zero-order valence-electron chi connectivity index (χ0n) is 13.2. The molecule has 1 atom stereocenters. The lowest BCUT2D eigenvalue weighted by atomic mass is 10.2. The largest absolute Gasteiger partial charge is 0.486 e. The number of anilines is 1. The maximum atomic E-state index is 12.2. The number of carbonyl (C=O) groups is 1. The van der Waals surface area contributed by atoms with E-state index in [1.165, 1.54) is 0 Å². The molecule has 1 aliphatic heterocycles. The monoisotopic (exact) mass is 313 g/mol. The predicted octanol–water partition coefficient (Wildman–Crippen LogP) is 3.17. The van der Waals surface area contributed by atoms with Crippen molar-refractivity contribution < 1.29 is 19.0 Å². The standard InChI is InChI=1S/C18H19NO4/c1-12-3-6-15(7-4-12)23-13(2)18(20)19-14-5-8-16-17(11-14)22-10-9-21-16/h3-8,11,13H,9-10H2,1-2H3,(H,19,20)/t13-/m1/s1. The van der Waals surface area contributed by atoms with E-state index in [0.717, 1.165) is 5.56 Å². The summed E-state index contributed by atoms with van der Waals surface area (Å²) in [5.41, 5.74) is 1.80. The van der Waals surface area contributed by atoms with Crippen molar-refractivity contribution in [2.75, 3.05) is 18.5 Å². The molecular formula is C18H19NO4. The van der Waals surface area contributed by atoms with Crippen LogP contribution in [0.3, 0.4) is 0 Å². The molecule has 2 aromatic rings. The van der Waals surface area contributed by atoms with Crippen molar-refractivity contribution >= 4 is 11.6 Å². The molecule has 1 amide bonds. The molecule has 0 radical (unpaired) electrons. The van der Waals surface area contributed by atoms with Gasteiger partial charge in [0.1, 0.15) is 19.0 Å². The van der Waals surface area contributed by atoms with Gasteiger partial charge in [-0.3, -0.25) is 4.79 Å². The van der Waals surface area contributed by atoms with E-state index in [-0.39, 0.29) is 5.91 Å². The normalized spacial score (nSPS) is 14.0. The molecule has 0 saturated heterocycles. The molecule has 0 unspecified atom stereocenters. The number of carbonyl (C=O) groups excluding carboxylic acids is 1. The number of fused-ring (bicyclic) bond motifs is 1. The number of hydrogen-bond donors (Lipinski definition) is 1. The van der Waals surface area contributed by atoms with Crippen LogP contribution in [0.5, 0.6) is 17.2 Å². The average Bonchev–Trinajstić information content (AvgIpc) is 2.56. The van der Waals surface area contributed by atoms with Crippen LogP contribution in [0.1, 0.15) is 12.5 Å². The molecule has 1 heterocycles. The third-order valence-electron chi connectivity index (χ3n) is 3.51. The Bertz CT molecular complexity index is 697. The van der Waals surface area contributed by atoms with Gasteiger partial charge in [-0.1, -0.05) is 17.7 Å². The Hall–Kier alpha value is -2.69. The van der Waals surface area contributed by atoms with Crippen molar-refractivity contribution in [1.29, 1.82) is 0 Å². The van der Waals surface area contributed by atoms with E-state index in [1.807, 2.05) is 31.2 Å². The fourth-order valence-corrected chi connectivity index (χ4v) is 2.24. The van der Waals surface area contributed by atoms with Crippen LogP contribution in [0.2, 0.25) is 0 Å². The van der Waals surface area contributed by atoms with E-state index >= 15 is 0 Å². The van der Waals surface area contributed by atoms with Gasteiger partial charge in [-0.05, 0) is 38.1 Å². The third-order valence-corrected chi connectivity index (χ3v) is 3.51. The summed E-state index contributed by atoms with van der Waals surface area (Å²) in [6.07, 6.45) is -0.606. The second-order valence-corrected chi connectivity index (χ2v) is 5.42. The van der Waals surface area contributed by atoms with E-state index in [2.05, 4.69) is 5.32 Å². The molecule has 0 aliphatic carbocycles. The molecule has 5 heteroatoms. The second-order valence-electron chi connectivity index (χ2n) is 5.42. The SMILES string of the molecule is Cc1ccc(O[C@H](C)C(=O)Nc2ccc3c(c2)OCCO3)cc1. The quantitative estimate of drug-likeness (QED) is 0.942. The Labute approximate surface area is 135 Å². The molecule has 0 bridgehead atoms. The summed E-state index contributed by atoms with van der Waals surface area (Å²) < 4.78 is 16.6. The number of hydrogen-bond acceptors (Lipinski definition) is 4. The number of benzene rings is 2. The maximum Gasteiger partial charge on any atom is 0.265 e. The van der Waals surface area contributed by atoms with Crippen molar-refractivity contribution in [3.63, 3.8) is 0 Å². The lowest BCUT2D eigenvalue weighted by molar-refractivity contribution is -0.122. The van der Waals surface area contributed by atoms with Crippen molar-refractivity contribution in [1.82, 2.24) is 0 Å². The van der Waals surface area contributed by atoms with Crippen LogP contribution in [-0.4, -0.2) is 25.2 Å². The van der Waals surface area contributed by atoms with Gasteiger partial charge < -0.3 is 19.5 Å². The van der Waals surface area contributed by atoms with Crippen LogP contribution in [0.25, 0.3) is 0 Å². The molecule has 2 aromatic carbocycles. The molecule has 5 nitrogen and oxygen atoms in total. The van der Waals surface area contributed by atoms with Crippen molar-refractivity contribution in [2.24, 2.45) is 0 Å². The first-order valence-corrected chi connectivity index (χ1v) is 7.55. The summed E-state index contributed by atoms with van der Waals surface area (Å²) in [6.45, 7) is 4.77. The topological polar surface area (TPSA) is 56.8 Å². The lowest BCUT2D eigenvalue weighted by Gasteiger charge is -2.19. The van der Waals surface area contributed by atoms with Crippen LogP contribution in [0, 0.1) is 6.92 Å².